The van der Waals surface area contributed by atoms with E-state index in [4.69, 9.17) is 10.00 Å². The molecule has 1 aromatic carbocycles. The van der Waals surface area contributed by atoms with Gasteiger partial charge >= 0.3 is 0 Å². The fourth-order valence-corrected chi connectivity index (χ4v) is 1.72. The summed E-state index contributed by atoms with van der Waals surface area (Å²) in [6.45, 7) is 0. The van der Waals surface area contributed by atoms with Gasteiger partial charge in [0.1, 0.15) is 0 Å². The highest BCUT2D eigenvalue weighted by Crippen LogP contribution is 2.13. The van der Waals surface area contributed by atoms with E-state index in [-0.39, 0.29) is 12.2 Å². The average Bonchev–Trinajstić information content (AvgIpc) is 2.48. The van der Waals surface area contributed by atoms with Crippen LogP contribution in [-0.2, 0) is 6.42 Å². The molecule has 0 aliphatic carbocycles. The van der Waals surface area contributed by atoms with Gasteiger partial charge in [-0.05, 0) is 17.7 Å². The van der Waals surface area contributed by atoms with Gasteiger partial charge in [-0.25, -0.2) is 4.98 Å². The van der Waals surface area contributed by atoms with E-state index in [0.717, 1.165) is 5.56 Å². The second-order valence-electron chi connectivity index (χ2n) is 3.96. The molecule has 4 heteroatoms. The third-order valence-corrected chi connectivity index (χ3v) is 2.76. The van der Waals surface area contributed by atoms with E-state index in [9.17, 15) is 4.79 Å². The SMILES string of the molecule is COc1ccc(C(=O)Cc2ccccc2C#N)cn1. The van der Waals surface area contributed by atoms with Crippen molar-refractivity contribution in [1.29, 1.82) is 5.26 Å². The normalized spacial score (nSPS) is 9.68. The Bertz CT molecular complexity index is 627. The molecule has 0 saturated heterocycles. The van der Waals surface area contributed by atoms with Gasteiger partial charge in [-0.2, -0.15) is 5.26 Å². The van der Waals surface area contributed by atoms with Gasteiger partial charge in [0.2, 0.25) is 5.88 Å². The van der Waals surface area contributed by atoms with Crippen LogP contribution in [-0.4, -0.2) is 17.9 Å². The van der Waals surface area contributed by atoms with Crippen molar-refractivity contribution in [3.63, 3.8) is 0 Å². The highest BCUT2D eigenvalue weighted by molar-refractivity contribution is 5.97. The topological polar surface area (TPSA) is 63.0 Å². The van der Waals surface area contributed by atoms with E-state index in [1.54, 1.807) is 30.3 Å². The van der Waals surface area contributed by atoms with Crippen molar-refractivity contribution in [2.75, 3.05) is 7.11 Å². The number of nitriles is 1. The fourth-order valence-electron chi connectivity index (χ4n) is 1.72. The van der Waals surface area contributed by atoms with Crippen molar-refractivity contribution < 1.29 is 9.53 Å². The maximum Gasteiger partial charge on any atom is 0.212 e. The lowest BCUT2D eigenvalue weighted by molar-refractivity contribution is 0.0992. The Hall–Kier alpha value is -2.67. The fraction of sp³-hybridized carbons (Fsp3) is 0.133. The first kappa shape index (κ1) is 12.8. The van der Waals surface area contributed by atoms with Crippen molar-refractivity contribution >= 4 is 5.78 Å². The highest BCUT2D eigenvalue weighted by atomic mass is 16.5. The predicted octanol–water partition coefficient (Wildman–Crippen LogP) is 2.39. The molecule has 2 aromatic rings. The second kappa shape index (κ2) is 5.78. The van der Waals surface area contributed by atoms with Gasteiger partial charge in [0.25, 0.3) is 0 Å². The minimum Gasteiger partial charge on any atom is -0.481 e. The zero-order valence-electron chi connectivity index (χ0n) is 10.5. The number of pyridine rings is 1. The molecule has 0 bridgehead atoms. The predicted molar refractivity (Wildman–Crippen MR) is 70.0 cm³/mol. The van der Waals surface area contributed by atoms with Crippen molar-refractivity contribution in [3.8, 4) is 11.9 Å². The molecule has 0 spiro atoms. The van der Waals surface area contributed by atoms with E-state index >= 15 is 0 Å². The number of Topliss-reactive ketones (excluding diaryl/α,β-unsaturated/α-hetero) is 1. The molecule has 0 radical (unpaired) electrons. The van der Waals surface area contributed by atoms with Crippen molar-refractivity contribution in [2.45, 2.75) is 6.42 Å². The Morgan fingerprint density at radius 2 is 2.11 bits per heavy atom. The summed E-state index contributed by atoms with van der Waals surface area (Å²) in [5.41, 5.74) is 1.76. The lowest BCUT2D eigenvalue weighted by atomic mass is 10.0. The van der Waals surface area contributed by atoms with Gasteiger partial charge in [-0.3, -0.25) is 4.79 Å². The molecule has 2 rings (SSSR count). The molecule has 94 valence electrons. The number of carbonyl (C=O) groups excluding carboxylic acids is 1. The van der Waals surface area contributed by atoms with E-state index in [2.05, 4.69) is 11.1 Å². The van der Waals surface area contributed by atoms with E-state index in [0.29, 0.717) is 17.0 Å². The van der Waals surface area contributed by atoms with E-state index in [1.807, 2.05) is 6.07 Å². The number of hydrogen-bond donors (Lipinski definition) is 0. The monoisotopic (exact) mass is 252 g/mol. The minimum atomic E-state index is -0.0714. The second-order valence-corrected chi connectivity index (χ2v) is 3.96. The first-order chi connectivity index (χ1) is 9.24. The average molecular weight is 252 g/mol. The summed E-state index contributed by atoms with van der Waals surface area (Å²) < 4.78 is 4.94. The molecule has 0 N–H and O–H groups in total. The largest absolute Gasteiger partial charge is 0.481 e. The molecule has 0 saturated carbocycles. The van der Waals surface area contributed by atoms with Crippen LogP contribution in [0, 0.1) is 11.3 Å². The zero-order valence-corrected chi connectivity index (χ0v) is 10.5. The number of ether oxygens (including phenoxy) is 1. The minimum absolute atomic E-state index is 0.0714. The lowest BCUT2D eigenvalue weighted by Crippen LogP contribution is -2.05. The molecule has 1 heterocycles. The van der Waals surface area contributed by atoms with Crippen LogP contribution < -0.4 is 4.74 Å². The number of ketones is 1. The number of carbonyl (C=O) groups is 1. The molecular formula is C15H12N2O2. The molecule has 1 aromatic heterocycles. The Balaban J connectivity index is 2.18. The number of nitrogens with zero attached hydrogens (tertiary/aromatic N) is 2. The number of rotatable bonds is 4. The van der Waals surface area contributed by atoms with Crippen LogP contribution in [0.2, 0.25) is 0 Å². The number of benzene rings is 1. The summed E-state index contributed by atoms with van der Waals surface area (Å²) in [5.74, 6) is 0.395. The molecule has 0 aliphatic heterocycles. The molecule has 0 fully saturated rings. The Morgan fingerprint density at radius 1 is 1.32 bits per heavy atom. The van der Waals surface area contributed by atoms with Crippen LogP contribution in [0.3, 0.4) is 0 Å². The van der Waals surface area contributed by atoms with Crippen LogP contribution in [0.1, 0.15) is 21.5 Å². The molecule has 0 aliphatic rings. The van der Waals surface area contributed by atoms with Crippen LogP contribution in [0.15, 0.2) is 42.6 Å². The van der Waals surface area contributed by atoms with Gasteiger partial charge in [0, 0.05) is 24.2 Å². The molecular weight excluding hydrogens is 240 g/mol. The maximum absolute atomic E-state index is 12.1. The Kier molecular flexibility index (Phi) is 3.89. The number of methoxy groups -OCH3 is 1. The highest BCUT2D eigenvalue weighted by Gasteiger charge is 2.10. The van der Waals surface area contributed by atoms with Crippen LogP contribution >= 0.6 is 0 Å². The third kappa shape index (κ3) is 2.96. The van der Waals surface area contributed by atoms with Gasteiger partial charge in [-0.15, -0.1) is 0 Å². The molecule has 0 atom stereocenters. The molecule has 0 amide bonds. The number of aromatic nitrogens is 1. The van der Waals surface area contributed by atoms with Gasteiger partial charge in [-0.1, -0.05) is 18.2 Å². The summed E-state index contributed by atoms with van der Waals surface area (Å²) in [6.07, 6.45) is 1.67. The quantitative estimate of drug-likeness (QED) is 0.784. The summed E-state index contributed by atoms with van der Waals surface area (Å²) in [5, 5.41) is 8.98. The molecule has 4 nitrogen and oxygen atoms in total. The molecule has 0 unspecified atom stereocenters. The smallest absolute Gasteiger partial charge is 0.212 e. The Morgan fingerprint density at radius 3 is 2.74 bits per heavy atom. The van der Waals surface area contributed by atoms with Gasteiger partial charge in [0.05, 0.1) is 18.7 Å². The maximum atomic E-state index is 12.1. The van der Waals surface area contributed by atoms with E-state index in [1.165, 1.54) is 13.3 Å². The van der Waals surface area contributed by atoms with Crippen LogP contribution in [0.25, 0.3) is 0 Å². The van der Waals surface area contributed by atoms with Gasteiger partial charge in [0.15, 0.2) is 5.78 Å². The van der Waals surface area contributed by atoms with Crippen molar-refractivity contribution in [1.82, 2.24) is 4.98 Å². The van der Waals surface area contributed by atoms with Crippen LogP contribution in [0.5, 0.6) is 5.88 Å². The first-order valence-corrected chi connectivity index (χ1v) is 5.76. The van der Waals surface area contributed by atoms with Crippen LogP contribution in [0.4, 0.5) is 0 Å². The first-order valence-electron chi connectivity index (χ1n) is 5.76. The summed E-state index contributed by atoms with van der Waals surface area (Å²) >= 11 is 0. The summed E-state index contributed by atoms with van der Waals surface area (Å²) in [7, 11) is 1.52. The third-order valence-electron chi connectivity index (χ3n) is 2.76. The Labute approximate surface area is 111 Å². The standard InChI is InChI=1S/C15H12N2O2/c1-19-15-7-6-13(10-17-15)14(18)8-11-4-2-3-5-12(11)9-16/h2-7,10H,8H2,1H3. The summed E-state index contributed by atoms with van der Waals surface area (Å²) in [6, 6.07) is 12.5. The molecule has 19 heavy (non-hydrogen) atoms. The number of hydrogen-bond acceptors (Lipinski definition) is 4. The van der Waals surface area contributed by atoms with E-state index < -0.39 is 0 Å². The lowest BCUT2D eigenvalue weighted by Gasteiger charge is -2.04. The zero-order chi connectivity index (χ0) is 13.7. The van der Waals surface area contributed by atoms with Crippen molar-refractivity contribution in [2.24, 2.45) is 0 Å². The van der Waals surface area contributed by atoms with Gasteiger partial charge < -0.3 is 4.74 Å². The summed E-state index contributed by atoms with van der Waals surface area (Å²) in [4.78, 5) is 16.1. The van der Waals surface area contributed by atoms with Crippen molar-refractivity contribution in [3.05, 3.63) is 59.3 Å².